The zero-order valence-electron chi connectivity index (χ0n) is 13.3. The molecule has 2 aliphatic rings. The number of ether oxygens (including phenoxy) is 1. The lowest BCUT2D eigenvalue weighted by atomic mass is 9.93. The number of amides is 1. The standard InChI is InChI=1S/C18H24FNO3/c19-15-4-2-14(3-5-15)18(8-9-18)17(22)20-10-6-16(7-11-20)23-13-1-12-21/h2-5,16,21H,1,6-13H2. The van der Waals surface area contributed by atoms with Crippen LogP contribution in [0, 0.1) is 5.82 Å². The number of rotatable bonds is 6. The maximum absolute atomic E-state index is 13.1. The first-order valence-corrected chi connectivity index (χ1v) is 8.43. The van der Waals surface area contributed by atoms with Crippen LogP contribution in [-0.4, -0.2) is 48.3 Å². The predicted molar refractivity (Wildman–Crippen MR) is 84.6 cm³/mol. The van der Waals surface area contributed by atoms with E-state index >= 15 is 0 Å². The quantitative estimate of drug-likeness (QED) is 0.818. The molecule has 1 amide bonds. The Bertz CT molecular complexity index is 534. The van der Waals surface area contributed by atoms with Gasteiger partial charge in [0.2, 0.25) is 5.91 Å². The SMILES string of the molecule is O=C(N1CCC(OCCCO)CC1)C1(c2ccc(F)cc2)CC1. The number of likely N-dealkylation sites (tertiary alicyclic amines) is 1. The van der Waals surface area contributed by atoms with Crippen LogP contribution < -0.4 is 0 Å². The Labute approximate surface area is 136 Å². The van der Waals surface area contributed by atoms with Gasteiger partial charge < -0.3 is 14.7 Å². The van der Waals surface area contributed by atoms with Crippen molar-refractivity contribution in [3.05, 3.63) is 35.6 Å². The van der Waals surface area contributed by atoms with Crippen molar-refractivity contribution in [2.75, 3.05) is 26.3 Å². The zero-order chi connectivity index (χ0) is 16.3. The van der Waals surface area contributed by atoms with Crippen LogP contribution in [0.3, 0.4) is 0 Å². The average molecular weight is 321 g/mol. The highest BCUT2D eigenvalue weighted by Gasteiger charge is 2.53. The van der Waals surface area contributed by atoms with Crippen LogP contribution in [0.1, 0.15) is 37.7 Å². The maximum Gasteiger partial charge on any atom is 0.233 e. The third-order valence-corrected chi connectivity index (χ3v) is 4.94. The Morgan fingerprint density at radius 2 is 1.91 bits per heavy atom. The van der Waals surface area contributed by atoms with Gasteiger partial charge in [0.05, 0.1) is 11.5 Å². The second-order valence-corrected chi connectivity index (χ2v) is 6.53. The van der Waals surface area contributed by atoms with Crippen LogP contribution in [0.25, 0.3) is 0 Å². The molecular formula is C18H24FNO3. The van der Waals surface area contributed by atoms with E-state index in [4.69, 9.17) is 9.84 Å². The number of halogens is 1. The number of piperidine rings is 1. The third-order valence-electron chi connectivity index (χ3n) is 4.94. The van der Waals surface area contributed by atoms with E-state index < -0.39 is 5.41 Å². The lowest BCUT2D eigenvalue weighted by Gasteiger charge is -2.34. The average Bonchev–Trinajstić information content (AvgIpc) is 3.38. The highest BCUT2D eigenvalue weighted by Crippen LogP contribution is 2.49. The van der Waals surface area contributed by atoms with Crippen molar-refractivity contribution in [3.8, 4) is 0 Å². The molecule has 1 heterocycles. The van der Waals surface area contributed by atoms with Gasteiger partial charge in [0, 0.05) is 26.3 Å². The van der Waals surface area contributed by atoms with E-state index in [1.54, 1.807) is 12.1 Å². The summed E-state index contributed by atoms with van der Waals surface area (Å²) in [5.41, 5.74) is 0.517. The van der Waals surface area contributed by atoms with Crippen molar-refractivity contribution < 1.29 is 19.0 Å². The van der Waals surface area contributed by atoms with Crippen molar-refractivity contribution in [2.45, 2.75) is 43.6 Å². The second kappa shape index (κ2) is 6.97. The van der Waals surface area contributed by atoms with Gasteiger partial charge in [-0.25, -0.2) is 4.39 Å². The molecule has 1 aromatic carbocycles. The van der Waals surface area contributed by atoms with E-state index in [1.807, 2.05) is 4.90 Å². The second-order valence-electron chi connectivity index (χ2n) is 6.53. The first-order chi connectivity index (χ1) is 11.2. The van der Waals surface area contributed by atoms with E-state index in [0.717, 1.165) is 31.2 Å². The van der Waals surface area contributed by atoms with Gasteiger partial charge in [-0.1, -0.05) is 12.1 Å². The Balaban J connectivity index is 1.56. The molecule has 5 heteroatoms. The van der Waals surface area contributed by atoms with Crippen LogP contribution in [0.2, 0.25) is 0 Å². The molecule has 4 nitrogen and oxygen atoms in total. The summed E-state index contributed by atoms with van der Waals surface area (Å²) < 4.78 is 18.8. The molecule has 0 bridgehead atoms. The Kier molecular flexibility index (Phi) is 4.97. The first-order valence-electron chi connectivity index (χ1n) is 8.43. The van der Waals surface area contributed by atoms with Crippen molar-refractivity contribution in [2.24, 2.45) is 0 Å². The van der Waals surface area contributed by atoms with Crippen molar-refractivity contribution in [3.63, 3.8) is 0 Å². The smallest absolute Gasteiger partial charge is 0.233 e. The highest BCUT2D eigenvalue weighted by atomic mass is 19.1. The van der Waals surface area contributed by atoms with Gasteiger partial charge in [0.1, 0.15) is 5.82 Å². The molecular weight excluding hydrogens is 297 g/mol. The fraction of sp³-hybridized carbons (Fsp3) is 0.611. The summed E-state index contributed by atoms with van der Waals surface area (Å²) in [7, 11) is 0. The van der Waals surface area contributed by atoms with E-state index in [0.29, 0.717) is 26.1 Å². The molecule has 1 aliphatic carbocycles. The molecule has 1 N–H and O–H groups in total. The number of benzene rings is 1. The van der Waals surface area contributed by atoms with Gasteiger partial charge in [-0.2, -0.15) is 0 Å². The number of carbonyl (C=O) groups excluding carboxylic acids is 1. The van der Waals surface area contributed by atoms with Gasteiger partial charge in [0.25, 0.3) is 0 Å². The fourth-order valence-electron chi connectivity index (χ4n) is 3.36. The molecule has 0 unspecified atom stereocenters. The van der Waals surface area contributed by atoms with Gasteiger partial charge >= 0.3 is 0 Å². The van der Waals surface area contributed by atoms with Crippen LogP contribution in [0.15, 0.2) is 24.3 Å². The molecule has 2 fully saturated rings. The van der Waals surface area contributed by atoms with E-state index in [2.05, 4.69) is 0 Å². The minimum Gasteiger partial charge on any atom is -0.396 e. The van der Waals surface area contributed by atoms with Crippen LogP contribution >= 0.6 is 0 Å². The minimum atomic E-state index is -0.418. The molecule has 0 radical (unpaired) electrons. The molecule has 126 valence electrons. The zero-order valence-corrected chi connectivity index (χ0v) is 13.3. The van der Waals surface area contributed by atoms with Crippen LogP contribution in [0.5, 0.6) is 0 Å². The number of hydrogen-bond acceptors (Lipinski definition) is 3. The summed E-state index contributed by atoms with van der Waals surface area (Å²) in [5, 5.41) is 8.78. The van der Waals surface area contributed by atoms with Gasteiger partial charge in [-0.05, 0) is 49.8 Å². The number of aliphatic hydroxyl groups is 1. The molecule has 1 aromatic rings. The van der Waals surface area contributed by atoms with E-state index in [-0.39, 0.29) is 24.4 Å². The normalized spacial score (nSPS) is 20.5. The fourth-order valence-corrected chi connectivity index (χ4v) is 3.36. The molecule has 1 saturated carbocycles. The van der Waals surface area contributed by atoms with Gasteiger partial charge in [-0.3, -0.25) is 4.79 Å². The maximum atomic E-state index is 13.1. The van der Waals surface area contributed by atoms with Gasteiger partial charge in [0.15, 0.2) is 0 Å². The van der Waals surface area contributed by atoms with Gasteiger partial charge in [-0.15, -0.1) is 0 Å². The summed E-state index contributed by atoms with van der Waals surface area (Å²) in [4.78, 5) is 14.8. The van der Waals surface area contributed by atoms with Crippen molar-refractivity contribution in [1.29, 1.82) is 0 Å². The largest absolute Gasteiger partial charge is 0.396 e. The van der Waals surface area contributed by atoms with Crippen molar-refractivity contribution >= 4 is 5.91 Å². The van der Waals surface area contributed by atoms with Crippen molar-refractivity contribution in [1.82, 2.24) is 4.90 Å². The summed E-state index contributed by atoms with van der Waals surface area (Å²) in [5.74, 6) is -0.0873. The lowest BCUT2D eigenvalue weighted by molar-refractivity contribution is -0.136. The summed E-state index contributed by atoms with van der Waals surface area (Å²) in [6, 6.07) is 6.35. The minimum absolute atomic E-state index is 0.150. The summed E-state index contributed by atoms with van der Waals surface area (Å²) >= 11 is 0. The number of hydrogen-bond donors (Lipinski definition) is 1. The highest BCUT2D eigenvalue weighted by molar-refractivity contribution is 5.91. The number of aliphatic hydroxyl groups excluding tert-OH is 1. The summed E-state index contributed by atoms with van der Waals surface area (Å²) in [6.45, 7) is 2.16. The Hall–Kier alpha value is -1.46. The molecule has 0 atom stereocenters. The lowest BCUT2D eigenvalue weighted by Crippen LogP contribution is -2.45. The van der Waals surface area contributed by atoms with E-state index in [1.165, 1.54) is 12.1 Å². The number of nitrogens with zero attached hydrogens (tertiary/aromatic N) is 1. The van der Waals surface area contributed by atoms with Crippen LogP contribution in [-0.2, 0) is 14.9 Å². The molecule has 1 saturated heterocycles. The number of carbonyl (C=O) groups is 1. The Morgan fingerprint density at radius 1 is 1.26 bits per heavy atom. The molecule has 3 rings (SSSR count). The molecule has 0 spiro atoms. The monoisotopic (exact) mass is 321 g/mol. The summed E-state index contributed by atoms with van der Waals surface area (Å²) in [6.07, 6.45) is 4.24. The third kappa shape index (κ3) is 3.56. The van der Waals surface area contributed by atoms with E-state index in [9.17, 15) is 9.18 Å². The first kappa shape index (κ1) is 16.4. The Morgan fingerprint density at radius 3 is 2.48 bits per heavy atom. The predicted octanol–water partition coefficient (Wildman–Crippen LogP) is 2.25. The molecule has 23 heavy (non-hydrogen) atoms. The molecule has 0 aromatic heterocycles. The van der Waals surface area contributed by atoms with Crippen LogP contribution in [0.4, 0.5) is 4.39 Å². The molecule has 1 aliphatic heterocycles. The topological polar surface area (TPSA) is 49.8 Å².